The van der Waals surface area contributed by atoms with E-state index < -0.39 is 0 Å². The number of anilines is 2. The van der Waals surface area contributed by atoms with Crippen molar-refractivity contribution in [1.29, 1.82) is 5.26 Å². The van der Waals surface area contributed by atoms with Crippen LogP contribution >= 0.6 is 11.6 Å². The van der Waals surface area contributed by atoms with E-state index in [1.807, 2.05) is 13.8 Å². The van der Waals surface area contributed by atoms with Gasteiger partial charge in [-0.15, -0.1) is 0 Å². The molecule has 98 valence electrons. The molecule has 0 aliphatic carbocycles. The Hall–Kier alpha value is -2.19. The molecule has 0 bridgehead atoms. The summed E-state index contributed by atoms with van der Waals surface area (Å²) in [7, 11) is 0. The third-order valence-corrected chi connectivity index (χ3v) is 3.14. The highest BCUT2D eigenvalue weighted by Gasteiger charge is 2.21. The molecule has 0 fully saturated rings. The van der Waals surface area contributed by atoms with Crippen LogP contribution in [0.2, 0.25) is 5.02 Å². The first-order valence-electron chi connectivity index (χ1n) is 5.80. The summed E-state index contributed by atoms with van der Waals surface area (Å²) in [5.74, 6) is 0.341. The summed E-state index contributed by atoms with van der Waals surface area (Å²) in [6.45, 7) is 3.89. The lowest BCUT2D eigenvalue weighted by molar-refractivity contribution is 0.770. The topological polar surface area (TPSA) is 93.7 Å². The smallest absolute Gasteiger partial charge is 0.145 e. The lowest BCUT2D eigenvalue weighted by atomic mass is 10.1. The minimum atomic E-state index is 0.0851. The van der Waals surface area contributed by atoms with Crippen LogP contribution in [0.5, 0.6) is 0 Å². The average molecular weight is 276 g/mol. The van der Waals surface area contributed by atoms with Crippen molar-refractivity contribution in [3.05, 3.63) is 34.5 Å². The largest absolute Gasteiger partial charge is 0.397 e. The van der Waals surface area contributed by atoms with Gasteiger partial charge in [0.2, 0.25) is 0 Å². The summed E-state index contributed by atoms with van der Waals surface area (Å²) in [6.07, 6.45) is 0. The van der Waals surface area contributed by atoms with Gasteiger partial charge in [0.05, 0.1) is 16.4 Å². The first-order valence-corrected chi connectivity index (χ1v) is 6.18. The van der Waals surface area contributed by atoms with Crippen LogP contribution in [0.25, 0.3) is 5.69 Å². The molecule has 5 nitrogen and oxygen atoms in total. The summed E-state index contributed by atoms with van der Waals surface area (Å²) in [5, 5.41) is 14.0. The van der Waals surface area contributed by atoms with Crippen LogP contribution in [0.15, 0.2) is 18.2 Å². The van der Waals surface area contributed by atoms with Gasteiger partial charge in [-0.3, -0.25) is 0 Å². The molecule has 0 saturated carbocycles. The highest BCUT2D eigenvalue weighted by molar-refractivity contribution is 6.33. The van der Waals surface area contributed by atoms with Crippen molar-refractivity contribution in [3.63, 3.8) is 0 Å². The van der Waals surface area contributed by atoms with Crippen LogP contribution < -0.4 is 11.5 Å². The van der Waals surface area contributed by atoms with E-state index in [1.54, 1.807) is 18.2 Å². The predicted molar refractivity (Wildman–Crippen MR) is 76.2 cm³/mol. The normalized spacial score (nSPS) is 10.7. The van der Waals surface area contributed by atoms with Gasteiger partial charge in [-0.1, -0.05) is 31.5 Å². The van der Waals surface area contributed by atoms with Crippen molar-refractivity contribution in [2.45, 2.75) is 19.8 Å². The van der Waals surface area contributed by atoms with Crippen LogP contribution in [0.1, 0.15) is 31.0 Å². The Morgan fingerprint density at radius 3 is 2.53 bits per heavy atom. The van der Waals surface area contributed by atoms with E-state index in [2.05, 4.69) is 11.2 Å². The predicted octanol–water partition coefficient (Wildman–Crippen LogP) is 2.69. The van der Waals surface area contributed by atoms with Gasteiger partial charge >= 0.3 is 0 Å². The second-order valence-corrected chi connectivity index (χ2v) is 4.91. The number of aromatic nitrogens is 2. The number of nitrogens with two attached hydrogens (primary N) is 2. The Bertz CT molecular complexity index is 646. The number of nitriles is 1. The SMILES string of the molecule is CC(C)c1nn(-c2c(N)cccc2Cl)c(N)c1C#N. The molecule has 0 atom stereocenters. The van der Waals surface area contributed by atoms with Crippen molar-refractivity contribution in [1.82, 2.24) is 9.78 Å². The zero-order chi connectivity index (χ0) is 14.2. The summed E-state index contributed by atoms with van der Waals surface area (Å²) in [5.41, 5.74) is 13.9. The number of halogens is 1. The van der Waals surface area contributed by atoms with Crippen molar-refractivity contribution in [3.8, 4) is 11.8 Å². The van der Waals surface area contributed by atoms with Crippen LogP contribution in [0.3, 0.4) is 0 Å². The molecule has 0 radical (unpaired) electrons. The molecule has 1 aromatic carbocycles. The van der Waals surface area contributed by atoms with Crippen molar-refractivity contribution in [2.24, 2.45) is 0 Å². The van der Waals surface area contributed by atoms with Gasteiger partial charge in [0.25, 0.3) is 0 Å². The molecule has 19 heavy (non-hydrogen) atoms. The molecular formula is C13H14ClN5. The zero-order valence-corrected chi connectivity index (χ0v) is 11.4. The van der Waals surface area contributed by atoms with Gasteiger partial charge < -0.3 is 11.5 Å². The van der Waals surface area contributed by atoms with E-state index in [0.29, 0.717) is 27.7 Å². The molecule has 1 aromatic heterocycles. The number of para-hydroxylation sites is 1. The van der Waals surface area contributed by atoms with Crippen molar-refractivity contribution < 1.29 is 0 Å². The number of rotatable bonds is 2. The maximum atomic E-state index is 9.20. The van der Waals surface area contributed by atoms with Crippen LogP contribution in [0, 0.1) is 11.3 Å². The molecule has 2 rings (SSSR count). The molecule has 2 aromatic rings. The summed E-state index contributed by atoms with van der Waals surface area (Å²) in [4.78, 5) is 0. The minimum absolute atomic E-state index is 0.0851. The Labute approximate surface area is 116 Å². The monoisotopic (exact) mass is 275 g/mol. The second kappa shape index (κ2) is 4.82. The maximum Gasteiger partial charge on any atom is 0.145 e. The van der Waals surface area contributed by atoms with Gasteiger partial charge in [-0.25, -0.2) is 4.68 Å². The average Bonchev–Trinajstić information content (AvgIpc) is 2.67. The fourth-order valence-corrected chi connectivity index (χ4v) is 2.16. The van der Waals surface area contributed by atoms with E-state index >= 15 is 0 Å². The quantitative estimate of drug-likeness (QED) is 0.824. The fraction of sp³-hybridized carbons (Fsp3) is 0.231. The lowest BCUT2D eigenvalue weighted by Crippen LogP contribution is -2.06. The lowest BCUT2D eigenvalue weighted by Gasteiger charge is -2.09. The molecule has 0 saturated heterocycles. The van der Waals surface area contributed by atoms with Gasteiger partial charge in [0.15, 0.2) is 0 Å². The second-order valence-electron chi connectivity index (χ2n) is 4.50. The highest BCUT2D eigenvalue weighted by Crippen LogP contribution is 2.31. The van der Waals surface area contributed by atoms with Gasteiger partial charge in [0, 0.05) is 0 Å². The van der Waals surface area contributed by atoms with Gasteiger partial charge in [-0.05, 0) is 18.1 Å². The Balaban J connectivity index is 2.75. The van der Waals surface area contributed by atoms with Crippen molar-refractivity contribution >= 4 is 23.1 Å². The third-order valence-electron chi connectivity index (χ3n) is 2.84. The summed E-state index contributed by atoms with van der Waals surface area (Å²) < 4.78 is 1.44. The Kier molecular flexibility index (Phi) is 3.36. The molecule has 0 spiro atoms. The fourth-order valence-electron chi connectivity index (χ4n) is 1.89. The van der Waals surface area contributed by atoms with Gasteiger partial charge in [-0.2, -0.15) is 10.4 Å². The number of benzene rings is 1. The number of hydrogen-bond donors (Lipinski definition) is 2. The summed E-state index contributed by atoms with van der Waals surface area (Å²) in [6, 6.07) is 7.24. The third kappa shape index (κ3) is 2.11. The van der Waals surface area contributed by atoms with Crippen molar-refractivity contribution in [2.75, 3.05) is 11.5 Å². The molecular weight excluding hydrogens is 262 g/mol. The minimum Gasteiger partial charge on any atom is -0.397 e. The van der Waals surface area contributed by atoms with E-state index in [4.69, 9.17) is 23.1 Å². The Morgan fingerprint density at radius 1 is 1.37 bits per heavy atom. The van der Waals surface area contributed by atoms with E-state index in [9.17, 15) is 5.26 Å². The van der Waals surface area contributed by atoms with E-state index in [1.165, 1.54) is 4.68 Å². The first kappa shape index (κ1) is 13.2. The molecule has 1 heterocycles. The van der Waals surface area contributed by atoms with Crippen LogP contribution in [-0.2, 0) is 0 Å². The number of nitrogen functional groups attached to an aromatic ring is 2. The van der Waals surface area contributed by atoms with Crippen LogP contribution in [-0.4, -0.2) is 9.78 Å². The molecule has 0 amide bonds. The van der Waals surface area contributed by atoms with E-state index in [0.717, 1.165) is 0 Å². The van der Waals surface area contributed by atoms with E-state index in [-0.39, 0.29) is 11.7 Å². The van der Waals surface area contributed by atoms with Gasteiger partial charge in [0.1, 0.15) is 23.1 Å². The summed E-state index contributed by atoms with van der Waals surface area (Å²) >= 11 is 6.14. The molecule has 0 aliphatic rings. The highest BCUT2D eigenvalue weighted by atomic mass is 35.5. The standard InChI is InChI=1S/C13H14ClN5/c1-7(2)11-8(6-15)13(17)19(18-11)12-9(14)4-3-5-10(12)16/h3-5,7H,16-17H2,1-2H3. The molecule has 4 N–H and O–H groups in total. The number of hydrogen-bond acceptors (Lipinski definition) is 4. The zero-order valence-electron chi connectivity index (χ0n) is 10.7. The van der Waals surface area contributed by atoms with Crippen LogP contribution in [0.4, 0.5) is 11.5 Å². The Morgan fingerprint density at radius 2 is 2.05 bits per heavy atom. The maximum absolute atomic E-state index is 9.20. The first-order chi connectivity index (χ1) is 8.97. The molecule has 6 heteroatoms. The molecule has 0 unspecified atom stereocenters. The molecule has 0 aliphatic heterocycles. The number of nitrogens with zero attached hydrogens (tertiary/aromatic N) is 3.